The number of rotatable bonds is 2. The Balaban J connectivity index is 2.73. The number of aromatic amines is 1. The summed E-state index contributed by atoms with van der Waals surface area (Å²) >= 11 is 1.21. The topological polar surface area (TPSA) is 69.5 Å². The third-order valence-electron chi connectivity index (χ3n) is 0.921. The maximum absolute atomic E-state index is 10.7. The van der Waals surface area contributed by atoms with Gasteiger partial charge in [0.1, 0.15) is 0 Å². The van der Waals surface area contributed by atoms with Crippen LogP contribution >= 0.6 is 11.8 Å². The van der Waals surface area contributed by atoms with E-state index in [9.17, 15) is 4.79 Å². The summed E-state index contributed by atoms with van der Waals surface area (Å²) in [6, 6.07) is 3.27. The monoisotopic (exact) mass is 167 g/mol. The first-order chi connectivity index (χ1) is 5.33. The Hall–Kier alpha value is -1.28. The fraction of sp³-hybridized carbons (Fsp3) is 0.167. The SMILES string of the molecule is N#CCSc1nccc(=O)[nH]1. The normalized spacial score (nSPS) is 9.00. The summed E-state index contributed by atoms with van der Waals surface area (Å²) in [5, 5.41) is 8.69. The van der Waals surface area contributed by atoms with Gasteiger partial charge in [0.15, 0.2) is 5.16 Å². The number of thioether (sulfide) groups is 1. The molecular formula is C6H5N3OS. The molecule has 0 saturated carbocycles. The molecule has 1 N–H and O–H groups in total. The summed E-state index contributed by atoms with van der Waals surface area (Å²) in [6.07, 6.45) is 1.42. The zero-order chi connectivity index (χ0) is 8.10. The van der Waals surface area contributed by atoms with Crippen molar-refractivity contribution in [2.24, 2.45) is 0 Å². The van der Waals surface area contributed by atoms with E-state index < -0.39 is 0 Å². The summed E-state index contributed by atoms with van der Waals surface area (Å²) in [5.41, 5.74) is -0.194. The van der Waals surface area contributed by atoms with Crippen LogP contribution in [0.1, 0.15) is 0 Å². The summed E-state index contributed by atoms with van der Waals surface area (Å²) in [7, 11) is 0. The predicted molar refractivity (Wildman–Crippen MR) is 41.2 cm³/mol. The lowest BCUT2D eigenvalue weighted by molar-refractivity contribution is 0.938. The third kappa shape index (κ3) is 2.43. The first-order valence-corrected chi connectivity index (χ1v) is 3.86. The molecule has 0 atom stereocenters. The molecule has 0 spiro atoms. The molecule has 0 aliphatic carbocycles. The molecule has 0 aromatic carbocycles. The average Bonchev–Trinajstić information content (AvgIpc) is 2.01. The largest absolute Gasteiger partial charge is 0.301 e. The van der Waals surface area contributed by atoms with Crippen LogP contribution in [0.3, 0.4) is 0 Å². The highest BCUT2D eigenvalue weighted by molar-refractivity contribution is 7.99. The second kappa shape index (κ2) is 3.78. The van der Waals surface area contributed by atoms with Crippen LogP contribution in [0.5, 0.6) is 0 Å². The number of nitrogens with zero attached hydrogens (tertiary/aromatic N) is 2. The van der Waals surface area contributed by atoms with Gasteiger partial charge in [-0.1, -0.05) is 11.8 Å². The second-order valence-corrected chi connectivity index (χ2v) is 2.65. The number of H-pyrrole nitrogens is 1. The minimum Gasteiger partial charge on any atom is -0.301 e. The van der Waals surface area contributed by atoms with E-state index in [4.69, 9.17) is 5.26 Å². The van der Waals surface area contributed by atoms with Crippen LogP contribution in [-0.2, 0) is 0 Å². The molecule has 0 radical (unpaired) electrons. The molecule has 0 amide bonds. The van der Waals surface area contributed by atoms with E-state index in [0.717, 1.165) is 0 Å². The van der Waals surface area contributed by atoms with Gasteiger partial charge in [-0.15, -0.1) is 0 Å². The fourth-order valence-corrected chi connectivity index (χ4v) is 1.04. The Morgan fingerprint density at radius 3 is 3.27 bits per heavy atom. The van der Waals surface area contributed by atoms with Crippen molar-refractivity contribution in [2.45, 2.75) is 5.16 Å². The fourth-order valence-electron chi connectivity index (χ4n) is 0.526. The van der Waals surface area contributed by atoms with Crippen molar-refractivity contribution in [3.63, 3.8) is 0 Å². The smallest absolute Gasteiger partial charge is 0.251 e. The molecule has 0 fully saturated rings. The lowest BCUT2D eigenvalue weighted by atomic mass is 10.7. The minimum atomic E-state index is -0.194. The molecule has 1 aromatic heterocycles. The van der Waals surface area contributed by atoms with Crippen molar-refractivity contribution in [1.82, 2.24) is 9.97 Å². The Labute approximate surface area is 67.3 Å². The summed E-state index contributed by atoms with van der Waals surface area (Å²) in [5.74, 6) is 0.299. The van der Waals surface area contributed by atoms with Gasteiger partial charge >= 0.3 is 0 Å². The highest BCUT2D eigenvalue weighted by Crippen LogP contribution is 2.07. The maximum Gasteiger partial charge on any atom is 0.251 e. The van der Waals surface area contributed by atoms with Crippen LogP contribution in [0.15, 0.2) is 22.2 Å². The molecule has 0 unspecified atom stereocenters. The van der Waals surface area contributed by atoms with E-state index in [1.54, 1.807) is 0 Å². The molecule has 0 aliphatic rings. The number of hydrogen-bond acceptors (Lipinski definition) is 4. The van der Waals surface area contributed by atoms with Crippen molar-refractivity contribution < 1.29 is 0 Å². The standard InChI is InChI=1S/C6H5N3OS/c7-2-4-11-6-8-3-1-5(10)9-6/h1,3H,4H2,(H,8,9,10). The van der Waals surface area contributed by atoms with Gasteiger partial charge in [0.25, 0.3) is 5.56 Å². The molecule has 1 aromatic rings. The van der Waals surface area contributed by atoms with Gasteiger partial charge in [0, 0.05) is 12.3 Å². The molecule has 0 aliphatic heterocycles. The van der Waals surface area contributed by atoms with Crippen molar-refractivity contribution >= 4 is 11.8 Å². The third-order valence-corrected chi connectivity index (χ3v) is 1.68. The molecule has 0 saturated heterocycles. The highest BCUT2D eigenvalue weighted by atomic mass is 32.2. The van der Waals surface area contributed by atoms with Gasteiger partial charge in [-0.25, -0.2) is 4.98 Å². The number of hydrogen-bond donors (Lipinski definition) is 1. The molecule has 1 rings (SSSR count). The van der Waals surface area contributed by atoms with E-state index >= 15 is 0 Å². The van der Waals surface area contributed by atoms with Crippen LogP contribution in [0.4, 0.5) is 0 Å². The predicted octanol–water partition coefficient (Wildman–Crippen LogP) is 0.386. The van der Waals surface area contributed by atoms with Gasteiger partial charge in [0.2, 0.25) is 0 Å². The Morgan fingerprint density at radius 2 is 2.64 bits per heavy atom. The van der Waals surface area contributed by atoms with Gasteiger partial charge < -0.3 is 4.98 Å². The van der Waals surface area contributed by atoms with Crippen LogP contribution < -0.4 is 5.56 Å². The molecule has 1 heterocycles. The van der Waals surface area contributed by atoms with E-state index in [0.29, 0.717) is 10.9 Å². The first kappa shape index (κ1) is 7.82. The van der Waals surface area contributed by atoms with Crippen LogP contribution in [-0.4, -0.2) is 15.7 Å². The van der Waals surface area contributed by atoms with Crippen molar-refractivity contribution in [2.75, 3.05) is 5.75 Å². The van der Waals surface area contributed by atoms with Crippen molar-refractivity contribution in [1.29, 1.82) is 5.26 Å². The molecule has 11 heavy (non-hydrogen) atoms. The first-order valence-electron chi connectivity index (χ1n) is 2.88. The van der Waals surface area contributed by atoms with Gasteiger partial charge in [0.05, 0.1) is 11.8 Å². The Morgan fingerprint density at radius 1 is 1.82 bits per heavy atom. The van der Waals surface area contributed by atoms with E-state index in [1.807, 2.05) is 6.07 Å². The van der Waals surface area contributed by atoms with Gasteiger partial charge in [-0.05, 0) is 0 Å². The zero-order valence-corrected chi connectivity index (χ0v) is 6.39. The molecule has 0 bridgehead atoms. The number of nitriles is 1. The zero-order valence-electron chi connectivity index (χ0n) is 5.57. The number of aromatic nitrogens is 2. The van der Waals surface area contributed by atoms with E-state index in [2.05, 4.69) is 9.97 Å². The van der Waals surface area contributed by atoms with E-state index in [-0.39, 0.29) is 5.56 Å². The number of nitrogens with one attached hydrogen (secondary N) is 1. The van der Waals surface area contributed by atoms with Crippen LogP contribution in [0, 0.1) is 11.3 Å². The Bertz CT molecular complexity index is 327. The highest BCUT2D eigenvalue weighted by Gasteiger charge is 1.93. The lowest BCUT2D eigenvalue weighted by Crippen LogP contribution is -2.05. The van der Waals surface area contributed by atoms with Crippen LogP contribution in [0.25, 0.3) is 0 Å². The van der Waals surface area contributed by atoms with Crippen molar-refractivity contribution in [3.05, 3.63) is 22.6 Å². The summed E-state index contributed by atoms with van der Waals surface area (Å²) in [4.78, 5) is 17.0. The van der Waals surface area contributed by atoms with E-state index in [1.165, 1.54) is 24.0 Å². The van der Waals surface area contributed by atoms with Gasteiger partial charge in [-0.3, -0.25) is 4.79 Å². The van der Waals surface area contributed by atoms with Crippen LogP contribution in [0.2, 0.25) is 0 Å². The molecule has 4 nitrogen and oxygen atoms in total. The lowest BCUT2D eigenvalue weighted by Gasteiger charge is -1.91. The summed E-state index contributed by atoms with van der Waals surface area (Å²) in [6.45, 7) is 0. The second-order valence-electron chi connectivity index (χ2n) is 1.69. The molecular weight excluding hydrogens is 162 g/mol. The molecule has 5 heteroatoms. The van der Waals surface area contributed by atoms with Gasteiger partial charge in [-0.2, -0.15) is 5.26 Å². The Kier molecular flexibility index (Phi) is 2.69. The van der Waals surface area contributed by atoms with Crippen molar-refractivity contribution in [3.8, 4) is 6.07 Å². The minimum absolute atomic E-state index is 0.194. The quantitative estimate of drug-likeness (QED) is 0.511. The average molecular weight is 167 g/mol. The molecule has 56 valence electrons. The maximum atomic E-state index is 10.7. The summed E-state index contributed by atoms with van der Waals surface area (Å²) < 4.78 is 0.